The van der Waals surface area contributed by atoms with Gasteiger partial charge in [-0.2, -0.15) is 0 Å². The lowest BCUT2D eigenvalue weighted by molar-refractivity contribution is -0.135. The molecule has 1 aromatic rings. The number of ether oxygens (including phenoxy) is 1. The SMILES string of the molecule is CC(C)(C(=O)N[C@H]1CCSc2ccccc21)N1CCOCC1. The summed E-state index contributed by atoms with van der Waals surface area (Å²) in [6.07, 6.45) is 0.993. The average molecular weight is 320 g/mol. The van der Waals surface area contributed by atoms with Gasteiger partial charge in [0, 0.05) is 23.7 Å². The molecular weight excluding hydrogens is 296 g/mol. The van der Waals surface area contributed by atoms with Crippen LogP contribution in [-0.2, 0) is 9.53 Å². The van der Waals surface area contributed by atoms with Crippen LogP contribution in [0.15, 0.2) is 29.2 Å². The van der Waals surface area contributed by atoms with Crippen LogP contribution >= 0.6 is 11.8 Å². The highest BCUT2D eigenvalue weighted by atomic mass is 32.2. The van der Waals surface area contributed by atoms with Crippen LogP contribution in [-0.4, -0.2) is 48.4 Å². The lowest BCUT2D eigenvalue weighted by Gasteiger charge is -2.40. The molecule has 1 aromatic carbocycles. The zero-order valence-electron chi connectivity index (χ0n) is 13.3. The molecule has 1 fully saturated rings. The fourth-order valence-electron chi connectivity index (χ4n) is 3.09. The molecule has 1 amide bonds. The van der Waals surface area contributed by atoms with Gasteiger partial charge in [-0.25, -0.2) is 0 Å². The quantitative estimate of drug-likeness (QED) is 0.929. The van der Waals surface area contributed by atoms with Crippen molar-refractivity contribution < 1.29 is 9.53 Å². The van der Waals surface area contributed by atoms with E-state index in [0.717, 1.165) is 25.3 Å². The molecule has 22 heavy (non-hydrogen) atoms. The number of fused-ring (bicyclic) bond motifs is 1. The summed E-state index contributed by atoms with van der Waals surface area (Å²) in [4.78, 5) is 16.4. The van der Waals surface area contributed by atoms with Crippen molar-refractivity contribution in [2.75, 3.05) is 32.1 Å². The van der Waals surface area contributed by atoms with Gasteiger partial charge in [-0.05, 0) is 31.9 Å². The van der Waals surface area contributed by atoms with Crippen molar-refractivity contribution in [1.82, 2.24) is 10.2 Å². The lowest BCUT2D eigenvalue weighted by Crippen LogP contribution is -2.58. The molecule has 5 heteroatoms. The van der Waals surface area contributed by atoms with Gasteiger partial charge < -0.3 is 10.1 Å². The van der Waals surface area contributed by atoms with Gasteiger partial charge in [-0.1, -0.05) is 18.2 Å². The van der Waals surface area contributed by atoms with Crippen molar-refractivity contribution in [2.45, 2.75) is 36.7 Å². The number of benzene rings is 1. The molecule has 0 unspecified atom stereocenters. The molecular formula is C17H24N2O2S. The molecule has 0 bridgehead atoms. The third-order valence-electron chi connectivity index (χ3n) is 4.62. The van der Waals surface area contributed by atoms with E-state index in [4.69, 9.17) is 4.74 Å². The second kappa shape index (κ2) is 6.60. The van der Waals surface area contributed by atoms with Crippen molar-refractivity contribution in [1.29, 1.82) is 0 Å². The fraction of sp³-hybridized carbons (Fsp3) is 0.588. The summed E-state index contributed by atoms with van der Waals surface area (Å²) in [6, 6.07) is 8.52. The van der Waals surface area contributed by atoms with Crippen molar-refractivity contribution in [2.24, 2.45) is 0 Å². The first kappa shape index (κ1) is 15.8. The fourth-order valence-corrected chi connectivity index (χ4v) is 4.22. The van der Waals surface area contributed by atoms with E-state index in [1.807, 2.05) is 25.6 Å². The van der Waals surface area contributed by atoms with Crippen molar-refractivity contribution in [3.05, 3.63) is 29.8 Å². The largest absolute Gasteiger partial charge is 0.379 e. The van der Waals surface area contributed by atoms with E-state index in [-0.39, 0.29) is 11.9 Å². The van der Waals surface area contributed by atoms with Crippen LogP contribution in [0.3, 0.4) is 0 Å². The number of nitrogens with one attached hydrogen (secondary N) is 1. The molecule has 1 N–H and O–H groups in total. The Bertz CT molecular complexity index is 541. The Morgan fingerprint density at radius 2 is 2.05 bits per heavy atom. The van der Waals surface area contributed by atoms with Crippen LogP contribution in [0, 0.1) is 0 Å². The van der Waals surface area contributed by atoms with E-state index >= 15 is 0 Å². The standard InChI is InChI=1S/C17H24N2O2S/c1-17(2,19-8-10-21-11-9-19)16(20)18-14-7-12-22-15-6-4-3-5-13(14)15/h3-6,14H,7-12H2,1-2H3,(H,18,20)/t14-/m0/s1. The maximum atomic E-state index is 12.8. The molecule has 0 aliphatic carbocycles. The predicted molar refractivity (Wildman–Crippen MR) is 89.1 cm³/mol. The van der Waals surface area contributed by atoms with E-state index < -0.39 is 5.54 Å². The van der Waals surface area contributed by atoms with Crippen LogP contribution in [0.5, 0.6) is 0 Å². The zero-order chi connectivity index (χ0) is 15.6. The van der Waals surface area contributed by atoms with Crippen molar-refractivity contribution in [3.8, 4) is 0 Å². The number of amides is 1. The van der Waals surface area contributed by atoms with Gasteiger partial charge in [0.2, 0.25) is 5.91 Å². The summed E-state index contributed by atoms with van der Waals surface area (Å²) in [5, 5.41) is 3.28. The van der Waals surface area contributed by atoms with Crippen LogP contribution in [0.25, 0.3) is 0 Å². The third kappa shape index (κ3) is 3.16. The summed E-state index contributed by atoms with van der Waals surface area (Å²) >= 11 is 1.88. The lowest BCUT2D eigenvalue weighted by atomic mass is 9.98. The minimum Gasteiger partial charge on any atom is -0.379 e. The Hall–Kier alpha value is -1.04. The molecule has 2 aliphatic heterocycles. The molecule has 3 rings (SSSR count). The van der Waals surface area contributed by atoms with E-state index in [0.29, 0.717) is 13.2 Å². The van der Waals surface area contributed by atoms with Crippen LogP contribution in [0.1, 0.15) is 31.9 Å². The maximum absolute atomic E-state index is 12.8. The number of carbonyl (C=O) groups excluding carboxylic acids is 1. The highest BCUT2D eigenvalue weighted by Crippen LogP contribution is 2.36. The minimum absolute atomic E-state index is 0.112. The van der Waals surface area contributed by atoms with Gasteiger partial charge in [-0.15, -0.1) is 11.8 Å². The van der Waals surface area contributed by atoms with Gasteiger partial charge >= 0.3 is 0 Å². The normalized spacial score (nSPS) is 22.9. The average Bonchev–Trinajstić information content (AvgIpc) is 2.56. The summed E-state index contributed by atoms with van der Waals surface area (Å²) in [7, 11) is 0. The number of rotatable bonds is 3. The van der Waals surface area contributed by atoms with Gasteiger partial charge in [0.05, 0.1) is 24.8 Å². The van der Waals surface area contributed by atoms with E-state index in [2.05, 4.69) is 34.5 Å². The highest BCUT2D eigenvalue weighted by Gasteiger charge is 2.37. The van der Waals surface area contributed by atoms with Crippen molar-refractivity contribution in [3.63, 3.8) is 0 Å². The Morgan fingerprint density at radius 1 is 1.32 bits per heavy atom. The Kier molecular flexibility index (Phi) is 4.76. The van der Waals surface area contributed by atoms with Gasteiger partial charge in [0.1, 0.15) is 0 Å². The summed E-state index contributed by atoms with van der Waals surface area (Å²) in [6.45, 7) is 7.07. The minimum atomic E-state index is -0.497. The second-order valence-corrected chi connectivity index (χ2v) is 7.50. The van der Waals surface area contributed by atoms with Crippen LogP contribution < -0.4 is 5.32 Å². The topological polar surface area (TPSA) is 41.6 Å². The molecule has 2 aliphatic rings. The van der Waals surface area contributed by atoms with E-state index in [1.54, 1.807) is 0 Å². The van der Waals surface area contributed by atoms with Crippen LogP contribution in [0.4, 0.5) is 0 Å². The first-order valence-corrected chi connectivity index (χ1v) is 8.93. The number of carbonyl (C=O) groups is 1. The summed E-state index contributed by atoms with van der Waals surface area (Å²) in [5.41, 5.74) is 0.758. The molecule has 4 nitrogen and oxygen atoms in total. The zero-order valence-corrected chi connectivity index (χ0v) is 14.1. The molecule has 0 aromatic heterocycles. The number of hydrogen-bond acceptors (Lipinski definition) is 4. The third-order valence-corrected chi connectivity index (χ3v) is 5.74. The number of thioether (sulfide) groups is 1. The summed E-state index contributed by atoms with van der Waals surface area (Å²) < 4.78 is 5.39. The molecule has 0 radical (unpaired) electrons. The molecule has 2 heterocycles. The predicted octanol–water partition coefficient (Wildman–Crippen LogP) is 2.45. The van der Waals surface area contributed by atoms with Crippen LogP contribution in [0.2, 0.25) is 0 Å². The van der Waals surface area contributed by atoms with Gasteiger partial charge in [0.15, 0.2) is 0 Å². The number of nitrogens with zero attached hydrogens (tertiary/aromatic N) is 1. The number of morpholine rings is 1. The Balaban J connectivity index is 1.71. The number of hydrogen-bond donors (Lipinski definition) is 1. The smallest absolute Gasteiger partial charge is 0.240 e. The van der Waals surface area contributed by atoms with E-state index in [9.17, 15) is 4.79 Å². The molecule has 120 valence electrons. The first-order chi connectivity index (χ1) is 10.6. The summed E-state index contributed by atoms with van der Waals surface area (Å²) in [5.74, 6) is 1.17. The maximum Gasteiger partial charge on any atom is 0.240 e. The Morgan fingerprint density at radius 3 is 2.82 bits per heavy atom. The molecule has 0 spiro atoms. The molecule has 0 saturated carbocycles. The highest BCUT2D eigenvalue weighted by molar-refractivity contribution is 7.99. The second-order valence-electron chi connectivity index (χ2n) is 6.36. The monoisotopic (exact) mass is 320 g/mol. The first-order valence-electron chi connectivity index (χ1n) is 7.94. The Labute approximate surface area is 136 Å². The van der Waals surface area contributed by atoms with Gasteiger partial charge in [-0.3, -0.25) is 9.69 Å². The molecule has 1 saturated heterocycles. The van der Waals surface area contributed by atoms with Crippen molar-refractivity contribution >= 4 is 17.7 Å². The molecule has 1 atom stereocenters. The van der Waals surface area contributed by atoms with Gasteiger partial charge in [0.25, 0.3) is 0 Å². The van der Waals surface area contributed by atoms with E-state index in [1.165, 1.54) is 10.5 Å².